The van der Waals surface area contributed by atoms with Gasteiger partial charge in [0.05, 0.1) is 31.0 Å². The number of carbonyl (C=O) groups excluding carboxylic acids is 1. The standard InChI is InChI=1S/C22H22F2N4O5/c1-20(2)21(9-30-10-21)22(11-31-19(25)28-22)13-5-12(3-4-16(13)33-20)6-15(29)14-7-27-17(8-26-14)32-18(23)24/h3-5,7-8,18H,6,9-11H2,1-2H3,(H2,25,28). The number of amidine groups is 1. The van der Waals surface area contributed by atoms with Crippen molar-refractivity contribution in [3.63, 3.8) is 0 Å². The number of ether oxygens (including phenoxy) is 4. The Labute approximate surface area is 187 Å². The van der Waals surface area contributed by atoms with Crippen LogP contribution in [0, 0.1) is 5.41 Å². The quantitative estimate of drug-likeness (QED) is 0.675. The van der Waals surface area contributed by atoms with Crippen molar-refractivity contribution < 1.29 is 32.5 Å². The van der Waals surface area contributed by atoms with E-state index >= 15 is 0 Å². The number of carbonyl (C=O) groups is 1. The third kappa shape index (κ3) is 3.21. The van der Waals surface area contributed by atoms with Gasteiger partial charge < -0.3 is 24.7 Å². The molecule has 1 atom stereocenters. The third-order valence-electron chi connectivity index (χ3n) is 6.71. The number of aromatic nitrogens is 2. The summed E-state index contributed by atoms with van der Waals surface area (Å²) < 4.78 is 46.3. The summed E-state index contributed by atoms with van der Waals surface area (Å²) in [5.41, 5.74) is 5.58. The van der Waals surface area contributed by atoms with Crippen molar-refractivity contribution in [3.05, 3.63) is 47.4 Å². The molecule has 3 aliphatic heterocycles. The molecule has 0 saturated carbocycles. The van der Waals surface area contributed by atoms with Crippen molar-refractivity contribution in [1.29, 1.82) is 0 Å². The number of Topliss-reactive ketones (excluding diaryl/α,β-unsaturated/α-hetero) is 1. The summed E-state index contributed by atoms with van der Waals surface area (Å²) in [5.74, 6) is -0.0460. The Kier molecular flexibility index (Phi) is 4.78. The Hall–Kier alpha value is -3.34. The highest BCUT2D eigenvalue weighted by atomic mass is 19.3. The van der Waals surface area contributed by atoms with Gasteiger partial charge in [0.15, 0.2) is 5.78 Å². The molecule has 1 unspecified atom stereocenters. The number of fused-ring (bicyclic) bond motifs is 3. The summed E-state index contributed by atoms with van der Waals surface area (Å²) >= 11 is 0. The predicted molar refractivity (Wildman–Crippen MR) is 110 cm³/mol. The first-order valence-corrected chi connectivity index (χ1v) is 10.3. The Morgan fingerprint density at radius 1 is 1.21 bits per heavy atom. The smallest absolute Gasteiger partial charge is 0.388 e. The lowest BCUT2D eigenvalue weighted by Gasteiger charge is -2.61. The molecule has 174 valence electrons. The van der Waals surface area contributed by atoms with E-state index in [2.05, 4.69) is 14.7 Å². The van der Waals surface area contributed by atoms with Gasteiger partial charge >= 0.3 is 6.61 Å². The Balaban J connectivity index is 1.47. The largest absolute Gasteiger partial charge is 0.487 e. The highest BCUT2D eigenvalue weighted by molar-refractivity contribution is 5.95. The minimum Gasteiger partial charge on any atom is -0.487 e. The van der Waals surface area contributed by atoms with Crippen molar-refractivity contribution in [2.24, 2.45) is 16.1 Å². The molecular formula is C22H22F2N4O5. The first-order valence-electron chi connectivity index (χ1n) is 10.3. The molecule has 3 aliphatic rings. The van der Waals surface area contributed by atoms with Crippen LogP contribution in [-0.4, -0.2) is 53.8 Å². The summed E-state index contributed by atoms with van der Waals surface area (Å²) in [6.45, 7) is 2.10. The highest BCUT2D eigenvalue weighted by Crippen LogP contribution is 2.62. The molecule has 0 radical (unpaired) electrons. The second-order valence-electron chi connectivity index (χ2n) is 8.84. The van der Waals surface area contributed by atoms with Crippen molar-refractivity contribution in [2.75, 3.05) is 19.8 Å². The number of rotatable bonds is 5. The summed E-state index contributed by atoms with van der Waals surface area (Å²) in [6, 6.07) is 5.58. The van der Waals surface area contributed by atoms with Crippen LogP contribution >= 0.6 is 0 Å². The van der Waals surface area contributed by atoms with E-state index in [1.807, 2.05) is 26.0 Å². The lowest BCUT2D eigenvalue weighted by Crippen LogP contribution is -2.71. The summed E-state index contributed by atoms with van der Waals surface area (Å²) in [7, 11) is 0. The van der Waals surface area contributed by atoms with Crippen LogP contribution < -0.4 is 15.2 Å². The van der Waals surface area contributed by atoms with E-state index in [4.69, 9.17) is 24.9 Å². The van der Waals surface area contributed by atoms with Gasteiger partial charge in [0.2, 0.25) is 5.88 Å². The van der Waals surface area contributed by atoms with Gasteiger partial charge in [-0.1, -0.05) is 6.07 Å². The normalized spacial score (nSPS) is 24.0. The topological polar surface area (TPSA) is 118 Å². The van der Waals surface area contributed by atoms with E-state index in [0.717, 1.165) is 18.0 Å². The van der Waals surface area contributed by atoms with Gasteiger partial charge in [-0.2, -0.15) is 8.78 Å². The number of ketones is 1. The van der Waals surface area contributed by atoms with Crippen LogP contribution in [0.25, 0.3) is 0 Å². The molecule has 1 aromatic carbocycles. The first-order chi connectivity index (χ1) is 15.7. The molecule has 4 heterocycles. The number of alkyl halides is 2. The van der Waals surface area contributed by atoms with Crippen molar-refractivity contribution >= 4 is 11.8 Å². The van der Waals surface area contributed by atoms with E-state index in [-0.39, 0.29) is 36.4 Å². The van der Waals surface area contributed by atoms with Crippen LogP contribution in [0.5, 0.6) is 11.6 Å². The van der Waals surface area contributed by atoms with Gasteiger partial charge in [-0.05, 0) is 31.5 Å². The first kappa shape index (κ1) is 21.5. The van der Waals surface area contributed by atoms with Crippen molar-refractivity contribution in [1.82, 2.24) is 9.97 Å². The Morgan fingerprint density at radius 3 is 2.58 bits per heavy atom. The summed E-state index contributed by atoms with van der Waals surface area (Å²) in [4.78, 5) is 25.1. The Morgan fingerprint density at radius 2 is 2.00 bits per heavy atom. The number of nitrogens with two attached hydrogens (primary N) is 1. The van der Waals surface area contributed by atoms with Crippen molar-refractivity contribution in [3.8, 4) is 11.6 Å². The number of hydrogen-bond acceptors (Lipinski definition) is 9. The molecular weight excluding hydrogens is 438 g/mol. The molecule has 5 rings (SSSR count). The van der Waals surface area contributed by atoms with Crippen LogP contribution in [0.15, 0.2) is 35.6 Å². The van der Waals surface area contributed by atoms with Crippen LogP contribution in [-0.2, 0) is 21.4 Å². The van der Waals surface area contributed by atoms with Gasteiger partial charge in [0.25, 0.3) is 6.02 Å². The molecule has 0 amide bonds. The second-order valence-corrected chi connectivity index (χ2v) is 8.84. The van der Waals surface area contributed by atoms with E-state index in [1.165, 1.54) is 0 Å². The fourth-order valence-corrected chi connectivity index (χ4v) is 4.82. The average molecular weight is 460 g/mol. The van der Waals surface area contributed by atoms with E-state index in [9.17, 15) is 13.6 Å². The molecule has 0 bridgehead atoms. The number of nitrogens with zero attached hydrogens (tertiary/aromatic N) is 3. The van der Waals surface area contributed by atoms with Crippen LogP contribution in [0.3, 0.4) is 0 Å². The maximum Gasteiger partial charge on any atom is 0.388 e. The lowest BCUT2D eigenvalue weighted by atomic mass is 9.55. The molecule has 1 aromatic heterocycles. The van der Waals surface area contributed by atoms with E-state index in [0.29, 0.717) is 24.5 Å². The predicted octanol–water partition coefficient (Wildman–Crippen LogP) is 2.23. The zero-order valence-corrected chi connectivity index (χ0v) is 18.0. The monoisotopic (exact) mass is 460 g/mol. The SMILES string of the molecule is CC1(C)Oc2ccc(CC(=O)c3cnc(OC(F)F)cn3)cc2C2(COC(N)=N2)C12COC2. The number of hydrogen-bond donors (Lipinski definition) is 1. The van der Waals surface area contributed by atoms with Gasteiger partial charge in [0.1, 0.15) is 29.2 Å². The zero-order valence-electron chi connectivity index (χ0n) is 18.0. The summed E-state index contributed by atoms with van der Waals surface area (Å²) in [6.07, 6.45) is 2.12. The Bertz CT molecular complexity index is 1130. The molecule has 2 spiro atoms. The van der Waals surface area contributed by atoms with Crippen molar-refractivity contribution in [2.45, 2.75) is 38.0 Å². The van der Waals surface area contributed by atoms with E-state index < -0.39 is 23.2 Å². The minimum atomic E-state index is -3.02. The third-order valence-corrected chi connectivity index (χ3v) is 6.71. The fourth-order valence-electron chi connectivity index (χ4n) is 4.82. The zero-order chi connectivity index (χ0) is 23.4. The molecule has 9 nitrogen and oxygen atoms in total. The van der Waals surface area contributed by atoms with Gasteiger partial charge in [0, 0.05) is 12.0 Å². The maximum absolute atomic E-state index is 12.8. The van der Waals surface area contributed by atoms with Gasteiger partial charge in [-0.15, -0.1) is 0 Å². The molecule has 0 aliphatic carbocycles. The molecule has 2 aromatic rings. The fraction of sp³-hybridized carbons (Fsp3) is 0.455. The second kappa shape index (κ2) is 7.34. The molecule has 1 fully saturated rings. The molecule has 1 saturated heterocycles. The number of aliphatic imine (C=N–C) groups is 1. The lowest BCUT2D eigenvalue weighted by molar-refractivity contribution is -0.247. The van der Waals surface area contributed by atoms with Gasteiger partial charge in [-0.25, -0.2) is 15.0 Å². The van der Waals surface area contributed by atoms with Crippen LogP contribution in [0.2, 0.25) is 0 Å². The summed E-state index contributed by atoms with van der Waals surface area (Å²) in [5, 5.41) is 0. The molecule has 33 heavy (non-hydrogen) atoms. The maximum atomic E-state index is 12.8. The highest BCUT2D eigenvalue weighted by Gasteiger charge is 2.71. The number of benzene rings is 1. The van der Waals surface area contributed by atoms with Crippen LogP contribution in [0.4, 0.5) is 8.78 Å². The van der Waals surface area contributed by atoms with E-state index in [1.54, 1.807) is 6.07 Å². The number of halogens is 2. The molecule has 2 N–H and O–H groups in total. The van der Waals surface area contributed by atoms with Gasteiger partial charge in [-0.3, -0.25) is 4.79 Å². The molecule has 11 heteroatoms. The minimum absolute atomic E-state index is 0.0139. The average Bonchev–Trinajstić information content (AvgIpc) is 3.09. The van der Waals surface area contributed by atoms with Crippen LogP contribution in [0.1, 0.15) is 35.5 Å².